The number of aromatic nitrogens is 1. The Bertz CT molecular complexity index is 702. The fourth-order valence-corrected chi connectivity index (χ4v) is 5.13. The molecule has 0 amide bonds. The highest BCUT2D eigenvalue weighted by Gasteiger charge is 2.27. The first-order chi connectivity index (χ1) is 9.43. The Kier molecular flexibility index (Phi) is 4.12. The van der Waals surface area contributed by atoms with E-state index < -0.39 is 8.07 Å². The molecule has 4 heteroatoms. The van der Waals surface area contributed by atoms with Gasteiger partial charge in [-0.3, -0.25) is 4.57 Å². The van der Waals surface area contributed by atoms with Crippen molar-refractivity contribution in [1.82, 2.24) is 4.57 Å². The van der Waals surface area contributed by atoms with Crippen LogP contribution in [-0.2, 0) is 6.42 Å². The van der Waals surface area contributed by atoms with Crippen LogP contribution in [0.5, 0.6) is 0 Å². The topological polar surface area (TPSA) is 28.7 Å². The van der Waals surface area contributed by atoms with E-state index in [0.717, 1.165) is 11.9 Å². The third kappa shape index (κ3) is 2.44. The molecule has 0 unspecified atom stereocenters. The highest BCUT2D eigenvalue weighted by atomic mass is 32.2. The molecular weight excluding hydrogens is 280 g/mol. The van der Waals surface area contributed by atoms with Gasteiger partial charge in [-0.2, -0.15) is 5.26 Å². The minimum Gasteiger partial charge on any atom is -0.255 e. The van der Waals surface area contributed by atoms with Crippen molar-refractivity contribution in [3.63, 3.8) is 0 Å². The lowest BCUT2D eigenvalue weighted by Crippen LogP contribution is -2.44. The molecule has 2 nitrogen and oxygen atoms in total. The number of fused-ring (bicyclic) bond motifs is 1. The summed E-state index contributed by atoms with van der Waals surface area (Å²) < 4.78 is 1.84. The molecule has 2 rings (SSSR count). The lowest BCUT2D eigenvalue weighted by molar-refractivity contribution is 1.16. The molecule has 1 aromatic heterocycles. The Morgan fingerprint density at radius 3 is 2.60 bits per heavy atom. The number of rotatable bonds is 4. The van der Waals surface area contributed by atoms with Crippen LogP contribution >= 0.6 is 11.8 Å². The van der Waals surface area contributed by atoms with Gasteiger partial charge in [0, 0.05) is 15.6 Å². The van der Waals surface area contributed by atoms with Crippen LogP contribution in [0.2, 0.25) is 19.6 Å². The van der Waals surface area contributed by atoms with Crippen molar-refractivity contribution < 1.29 is 0 Å². The highest BCUT2D eigenvalue weighted by molar-refractivity contribution is 7.98. The molecule has 0 aliphatic heterocycles. The Labute approximate surface area is 126 Å². The highest BCUT2D eigenvalue weighted by Crippen LogP contribution is 2.27. The van der Waals surface area contributed by atoms with Gasteiger partial charge in [-0.25, -0.2) is 0 Å². The summed E-state index contributed by atoms with van der Waals surface area (Å²) in [5.41, 5.74) is 2.31. The van der Waals surface area contributed by atoms with E-state index in [2.05, 4.69) is 56.9 Å². The summed E-state index contributed by atoms with van der Waals surface area (Å²) in [6.07, 6.45) is 7.21. The number of hydrogen-bond acceptors (Lipinski definition) is 2. The number of nitriles is 1. The van der Waals surface area contributed by atoms with Gasteiger partial charge in [-0.15, -0.1) is 18.3 Å². The molecule has 0 radical (unpaired) electrons. The van der Waals surface area contributed by atoms with Crippen LogP contribution in [0.25, 0.3) is 10.9 Å². The van der Waals surface area contributed by atoms with Crippen LogP contribution in [0.1, 0.15) is 5.56 Å². The van der Waals surface area contributed by atoms with Crippen molar-refractivity contribution in [3.05, 3.63) is 36.4 Å². The molecule has 0 aliphatic rings. The van der Waals surface area contributed by atoms with Crippen LogP contribution in [-0.4, -0.2) is 18.9 Å². The average molecular weight is 301 g/mol. The first-order valence-electron chi connectivity index (χ1n) is 6.66. The van der Waals surface area contributed by atoms with E-state index in [4.69, 9.17) is 0 Å². The summed E-state index contributed by atoms with van der Waals surface area (Å²) in [5.74, 6) is 0. The number of thioether (sulfide) groups is 1. The average Bonchev–Trinajstić information content (AvgIpc) is 2.72. The second-order valence-corrected chi connectivity index (χ2v) is 11.7. The molecule has 104 valence electrons. The van der Waals surface area contributed by atoms with Gasteiger partial charge in [-0.05, 0) is 36.4 Å². The predicted molar refractivity (Wildman–Crippen MR) is 91.6 cm³/mol. The Morgan fingerprint density at radius 2 is 2.10 bits per heavy atom. The zero-order chi connectivity index (χ0) is 14.9. The fourth-order valence-electron chi connectivity index (χ4n) is 2.70. The second kappa shape index (κ2) is 5.51. The zero-order valence-electron chi connectivity index (χ0n) is 12.5. The quantitative estimate of drug-likeness (QED) is 0.486. The molecular formula is C16H20N2SSi. The van der Waals surface area contributed by atoms with Gasteiger partial charge in [0.2, 0.25) is 0 Å². The molecule has 0 saturated carbocycles. The maximum Gasteiger partial charge on any atom is 0.188 e. The summed E-state index contributed by atoms with van der Waals surface area (Å²) in [7, 11) is -1.61. The van der Waals surface area contributed by atoms with Crippen LogP contribution in [0.4, 0.5) is 0 Å². The van der Waals surface area contributed by atoms with Gasteiger partial charge in [-0.1, -0.05) is 25.7 Å². The van der Waals surface area contributed by atoms with Crippen LogP contribution in [0.15, 0.2) is 35.7 Å². The normalized spacial score (nSPS) is 11.6. The summed E-state index contributed by atoms with van der Waals surface area (Å²) in [4.78, 5) is 1.24. The zero-order valence-corrected chi connectivity index (χ0v) is 14.3. The first kappa shape index (κ1) is 15.0. The molecule has 1 aromatic carbocycles. The number of allylic oxidation sites excluding steroid dienone is 1. The van der Waals surface area contributed by atoms with Crippen LogP contribution in [0, 0.1) is 11.5 Å². The first-order valence-corrected chi connectivity index (χ1v) is 11.4. The van der Waals surface area contributed by atoms with Crippen molar-refractivity contribution in [2.24, 2.45) is 0 Å². The maximum absolute atomic E-state index is 9.59. The second-order valence-electron chi connectivity index (χ2n) is 5.89. The monoisotopic (exact) mass is 300 g/mol. The van der Waals surface area contributed by atoms with Gasteiger partial charge in [0.05, 0.1) is 5.52 Å². The molecule has 20 heavy (non-hydrogen) atoms. The van der Waals surface area contributed by atoms with Crippen LogP contribution < -0.4 is 5.32 Å². The third-order valence-corrected chi connectivity index (χ3v) is 6.11. The third-order valence-electron chi connectivity index (χ3n) is 3.44. The summed E-state index contributed by atoms with van der Waals surface area (Å²) in [6, 6.07) is 6.36. The van der Waals surface area contributed by atoms with E-state index in [1.165, 1.54) is 21.2 Å². The lowest BCUT2D eigenvalue weighted by Gasteiger charge is -2.18. The van der Waals surface area contributed by atoms with Gasteiger partial charge in [0.1, 0.15) is 8.07 Å². The Hall–Kier alpha value is -1.44. The van der Waals surface area contributed by atoms with Crippen molar-refractivity contribution in [2.45, 2.75) is 31.0 Å². The Balaban J connectivity index is 2.92. The smallest absolute Gasteiger partial charge is 0.188 e. The van der Waals surface area contributed by atoms with E-state index in [1.807, 2.05) is 10.6 Å². The van der Waals surface area contributed by atoms with Gasteiger partial charge in [0.25, 0.3) is 0 Å². The number of nitrogens with zero attached hydrogens (tertiary/aromatic N) is 2. The van der Waals surface area contributed by atoms with Gasteiger partial charge >= 0.3 is 0 Å². The van der Waals surface area contributed by atoms with Gasteiger partial charge < -0.3 is 0 Å². The molecule has 0 atom stereocenters. The molecule has 2 aromatic rings. The summed E-state index contributed by atoms with van der Waals surface area (Å²) >= 11 is 1.73. The van der Waals surface area contributed by atoms with E-state index in [0.29, 0.717) is 0 Å². The lowest BCUT2D eigenvalue weighted by atomic mass is 10.1. The molecule has 0 saturated heterocycles. The van der Waals surface area contributed by atoms with Crippen molar-refractivity contribution in [2.75, 3.05) is 6.26 Å². The molecule has 0 spiro atoms. The molecule has 0 fully saturated rings. The fraction of sp³-hybridized carbons (Fsp3) is 0.312. The standard InChI is InChI=1S/C16H20N2SSi/c1-6-7-13-14-10-12(19-2)8-9-15(14)18(11-17)16(13)20(3,4)5/h6,8-10H,1,7H2,2-5H3. The molecule has 0 bridgehead atoms. The van der Waals surface area contributed by atoms with E-state index in [1.54, 1.807) is 11.8 Å². The van der Waals surface area contributed by atoms with Crippen molar-refractivity contribution in [3.8, 4) is 6.19 Å². The minimum atomic E-state index is -1.61. The molecule has 1 heterocycles. The van der Waals surface area contributed by atoms with E-state index in [9.17, 15) is 5.26 Å². The van der Waals surface area contributed by atoms with E-state index in [-0.39, 0.29) is 0 Å². The number of benzene rings is 1. The SMILES string of the molecule is C=CCc1c([Si](C)(C)C)n(C#N)c2ccc(SC)cc12. The van der Waals surface area contributed by atoms with Gasteiger partial charge in [0.15, 0.2) is 6.19 Å². The van der Waals surface area contributed by atoms with E-state index >= 15 is 0 Å². The molecule has 0 aliphatic carbocycles. The summed E-state index contributed by atoms with van der Waals surface area (Å²) in [5, 5.41) is 12.0. The van der Waals surface area contributed by atoms with Crippen LogP contribution in [0.3, 0.4) is 0 Å². The maximum atomic E-state index is 9.59. The van der Waals surface area contributed by atoms with Crippen molar-refractivity contribution in [1.29, 1.82) is 5.26 Å². The predicted octanol–water partition coefficient (Wildman–Crippen LogP) is 3.97. The molecule has 0 N–H and O–H groups in total. The minimum absolute atomic E-state index is 0.822. The van der Waals surface area contributed by atoms with Crippen molar-refractivity contribution >= 4 is 36.1 Å². The summed E-state index contributed by atoms with van der Waals surface area (Å²) in [6.45, 7) is 10.7. The Morgan fingerprint density at radius 1 is 1.40 bits per heavy atom. The number of hydrogen-bond donors (Lipinski definition) is 0. The largest absolute Gasteiger partial charge is 0.255 e.